The summed E-state index contributed by atoms with van der Waals surface area (Å²) in [6.45, 7) is 0. The predicted molar refractivity (Wildman–Crippen MR) is 71.3 cm³/mol. The van der Waals surface area contributed by atoms with Crippen molar-refractivity contribution in [2.75, 3.05) is 11.6 Å². The Kier molecular flexibility index (Phi) is 4.41. The lowest BCUT2D eigenvalue weighted by molar-refractivity contribution is 0.0697. The Bertz CT molecular complexity index is 433. The summed E-state index contributed by atoms with van der Waals surface area (Å²) in [7, 11) is 0. The van der Waals surface area contributed by atoms with Crippen molar-refractivity contribution in [3.63, 3.8) is 0 Å². The number of aromatic nitrogens is 2. The van der Waals surface area contributed by atoms with Gasteiger partial charge in [-0.15, -0.1) is 0 Å². The maximum atomic E-state index is 11.1. The Labute approximate surface area is 110 Å². The van der Waals surface area contributed by atoms with Crippen LogP contribution in [0.3, 0.4) is 0 Å². The van der Waals surface area contributed by atoms with Gasteiger partial charge in [-0.25, -0.2) is 14.8 Å². The van der Waals surface area contributed by atoms with Crippen molar-refractivity contribution in [2.45, 2.75) is 43.3 Å². The first kappa shape index (κ1) is 13.1. The van der Waals surface area contributed by atoms with Gasteiger partial charge in [0.25, 0.3) is 0 Å². The maximum absolute atomic E-state index is 11.1. The van der Waals surface area contributed by atoms with E-state index < -0.39 is 5.97 Å². The van der Waals surface area contributed by atoms with Crippen LogP contribution in [0.4, 0.5) is 5.82 Å². The fourth-order valence-corrected chi connectivity index (χ4v) is 2.51. The normalized spacial score (nSPS) is 16.5. The Morgan fingerprint density at radius 1 is 1.44 bits per heavy atom. The molecule has 98 valence electrons. The SMILES string of the molecule is CSc1ncc(C(=O)O)c(NC2CCCCC2)n1. The average Bonchev–Trinajstić information content (AvgIpc) is 2.39. The Hall–Kier alpha value is -1.30. The summed E-state index contributed by atoms with van der Waals surface area (Å²) < 4.78 is 0. The highest BCUT2D eigenvalue weighted by molar-refractivity contribution is 7.98. The number of thioether (sulfide) groups is 1. The second-order valence-electron chi connectivity index (χ2n) is 4.40. The van der Waals surface area contributed by atoms with Gasteiger partial charge in [0, 0.05) is 12.2 Å². The first-order valence-corrected chi connectivity index (χ1v) is 7.34. The molecule has 2 rings (SSSR count). The van der Waals surface area contributed by atoms with Crippen LogP contribution >= 0.6 is 11.8 Å². The van der Waals surface area contributed by atoms with Gasteiger partial charge >= 0.3 is 5.97 Å². The molecule has 1 aliphatic rings. The lowest BCUT2D eigenvalue weighted by atomic mass is 9.95. The van der Waals surface area contributed by atoms with E-state index in [4.69, 9.17) is 5.11 Å². The summed E-state index contributed by atoms with van der Waals surface area (Å²) in [6.07, 6.45) is 9.08. The van der Waals surface area contributed by atoms with E-state index in [9.17, 15) is 4.79 Å². The van der Waals surface area contributed by atoms with Gasteiger partial charge in [-0.2, -0.15) is 0 Å². The molecule has 0 amide bonds. The third kappa shape index (κ3) is 3.13. The molecule has 0 unspecified atom stereocenters. The Morgan fingerprint density at radius 2 is 2.17 bits per heavy atom. The van der Waals surface area contributed by atoms with Gasteiger partial charge in [0.2, 0.25) is 0 Å². The topological polar surface area (TPSA) is 75.1 Å². The predicted octanol–water partition coefficient (Wildman–Crippen LogP) is 2.64. The molecule has 0 spiro atoms. The smallest absolute Gasteiger partial charge is 0.341 e. The highest BCUT2D eigenvalue weighted by atomic mass is 32.2. The van der Waals surface area contributed by atoms with Crippen LogP contribution in [0.1, 0.15) is 42.5 Å². The zero-order valence-electron chi connectivity index (χ0n) is 10.3. The van der Waals surface area contributed by atoms with Crippen molar-refractivity contribution in [1.29, 1.82) is 0 Å². The number of hydrogen-bond acceptors (Lipinski definition) is 5. The molecule has 0 radical (unpaired) electrons. The summed E-state index contributed by atoms with van der Waals surface area (Å²) >= 11 is 1.41. The van der Waals surface area contributed by atoms with Gasteiger partial charge < -0.3 is 10.4 Å². The number of carboxylic acids is 1. The van der Waals surface area contributed by atoms with E-state index >= 15 is 0 Å². The van der Waals surface area contributed by atoms with E-state index in [0.717, 1.165) is 12.8 Å². The average molecular weight is 267 g/mol. The van der Waals surface area contributed by atoms with E-state index in [2.05, 4.69) is 15.3 Å². The molecule has 1 fully saturated rings. The van der Waals surface area contributed by atoms with Gasteiger partial charge in [0.05, 0.1) is 0 Å². The van der Waals surface area contributed by atoms with Crippen LogP contribution in [-0.4, -0.2) is 33.3 Å². The van der Waals surface area contributed by atoms with Crippen LogP contribution in [0, 0.1) is 0 Å². The van der Waals surface area contributed by atoms with Crippen molar-refractivity contribution < 1.29 is 9.90 Å². The molecule has 2 N–H and O–H groups in total. The van der Waals surface area contributed by atoms with Crippen molar-refractivity contribution in [1.82, 2.24) is 9.97 Å². The fourth-order valence-electron chi connectivity index (χ4n) is 2.17. The number of carboxylic acid groups (broad SMARTS) is 1. The van der Waals surface area contributed by atoms with Crippen molar-refractivity contribution in [3.05, 3.63) is 11.8 Å². The molecule has 6 heteroatoms. The van der Waals surface area contributed by atoms with E-state index in [1.54, 1.807) is 0 Å². The summed E-state index contributed by atoms with van der Waals surface area (Å²) in [5.74, 6) is -0.533. The molecule has 0 aliphatic heterocycles. The molecular formula is C12H17N3O2S. The van der Waals surface area contributed by atoms with E-state index in [1.165, 1.54) is 37.2 Å². The molecule has 18 heavy (non-hydrogen) atoms. The van der Waals surface area contributed by atoms with Crippen molar-refractivity contribution >= 4 is 23.5 Å². The second-order valence-corrected chi connectivity index (χ2v) is 5.18. The minimum atomic E-state index is -0.985. The highest BCUT2D eigenvalue weighted by Gasteiger charge is 2.18. The van der Waals surface area contributed by atoms with E-state index in [-0.39, 0.29) is 5.56 Å². The van der Waals surface area contributed by atoms with Crippen LogP contribution in [-0.2, 0) is 0 Å². The van der Waals surface area contributed by atoms with Crippen LogP contribution in [0.15, 0.2) is 11.4 Å². The third-order valence-electron chi connectivity index (χ3n) is 3.13. The molecular weight excluding hydrogens is 250 g/mol. The van der Waals surface area contributed by atoms with Gasteiger partial charge in [0.1, 0.15) is 11.4 Å². The Morgan fingerprint density at radius 3 is 2.78 bits per heavy atom. The third-order valence-corrected chi connectivity index (χ3v) is 3.69. The zero-order valence-corrected chi connectivity index (χ0v) is 11.2. The number of hydrogen-bond donors (Lipinski definition) is 2. The molecule has 1 aromatic rings. The van der Waals surface area contributed by atoms with Gasteiger partial charge in [-0.05, 0) is 19.1 Å². The molecule has 0 aromatic carbocycles. The maximum Gasteiger partial charge on any atom is 0.341 e. The number of carbonyl (C=O) groups is 1. The van der Waals surface area contributed by atoms with E-state index in [1.807, 2.05) is 6.26 Å². The number of nitrogens with zero attached hydrogens (tertiary/aromatic N) is 2. The molecule has 5 nitrogen and oxygen atoms in total. The number of anilines is 1. The zero-order chi connectivity index (χ0) is 13.0. The largest absolute Gasteiger partial charge is 0.477 e. The molecule has 1 aliphatic carbocycles. The summed E-state index contributed by atoms with van der Waals surface area (Å²) in [6, 6.07) is 0.335. The number of rotatable bonds is 4. The lowest BCUT2D eigenvalue weighted by Gasteiger charge is -2.23. The van der Waals surface area contributed by atoms with Crippen LogP contribution in [0.5, 0.6) is 0 Å². The summed E-state index contributed by atoms with van der Waals surface area (Å²) in [4.78, 5) is 19.4. The first-order chi connectivity index (χ1) is 8.70. The standard InChI is InChI=1S/C12H17N3O2S/c1-18-12-13-7-9(11(16)17)10(15-12)14-8-5-3-2-4-6-8/h7-8H,2-6H2,1H3,(H,16,17)(H,13,14,15). The molecule has 1 heterocycles. The number of nitrogens with one attached hydrogen (secondary N) is 1. The first-order valence-electron chi connectivity index (χ1n) is 6.11. The second kappa shape index (κ2) is 6.04. The molecule has 1 aromatic heterocycles. The molecule has 1 saturated carbocycles. The lowest BCUT2D eigenvalue weighted by Crippen LogP contribution is -2.24. The monoisotopic (exact) mass is 267 g/mol. The highest BCUT2D eigenvalue weighted by Crippen LogP contribution is 2.23. The molecule has 0 atom stereocenters. The summed E-state index contributed by atoms with van der Waals surface area (Å²) in [5.41, 5.74) is 0.151. The summed E-state index contributed by atoms with van der Waals surface area (Å²) in [5, 5.41) is 13.0. The molecule has 0 bridgehead atoms. The van der Waals surface area contributed by atoms with Crippen LogP contribution in [0.2, 0.25) is 0 Å². The Balaban J connectivity index is 2.19. The van der Waals surface area contributed by atoms with Gasteiger partial charge in [-0.1, -0.05) is 31.0 Å². The minimum Gasteiger partial charge on any atom is -0.477 e. The van der Waals surface area contributed by atoms with Crippen LogP contribution < -0.4 is 5.32 Å². The minimum absolute atomic E-state index is 0.151. The molecule has 0 saturated heterocycles. The number of aromatic carboxylic acids is 1. The van der Waals surface area contributed by atoms with Crippen LogP contribution in [0.25, 0.3) is 0 Å². The van der Waals surface area contributed by atoms with E-state index in [0.29, 0.717) is 17.0 Å². The van der Waals surface area contributed by atoms with Gasteiger partial charge in [-0.3, -0.25) is 0 Å². The van der Waals surface area contributed by atoms with Gasteiger partial charge in [0.15, 0.2) is 5.16 Å². The fraction of sp³-hybridized carbons (Fsp3) is 0.583. The van der Waals surface area contributed by atoms with Crippen molar-refractivity contribution in [3.8, 4) is 0 Å². The quantitative estimate of drug-likeness (QED) is 0.645. The van der Waals surface area contributed by atoms with Crippen molar-refractivity contribution in [2.24, 2.45) is 0 Å².